The highest BCUT2D eigenvalue weighted by atomic mass is 127. The van der Waals surface area contributed by atoms with Crippen LogP contribution in [0.25, 0.3) is 0 Å². The van der Waals surface area contributed by atoms with Crippen LogP contribution in [0.15, 0.2) is 23.0 Å². The van der Waals surface area contributed by atoms with Crippen LogP contribution in [-0.4, -0.2) is 10.5 Å². The summed E-state index contributed by atoms with van der Waals surface area (Å²) in [4.78, 5) is 24.8. The third-order valence-corrected chi connectivity index (χ3v) is 4.50. The van der Waals surface area contributed by atoms with Crippen LogP contribution in [0.3, 0.4) is 0 Å². The lowest BCUT2D eigenvalue weighted by Gasteiger charge is -2.15. The van der Waals surface area contributed by atoms with Crippen LogP contribution in [0.4, 0.5) is 5.69 Å². The SMILES string of the molecule is Cc1cc(I)cc(C)c1NC(=O)Cn1c(C)cc(C)c(C#N)c1=O. The number of amides is 1. The molecule has 1 amide bonds. The normalized spacial score (nSPS) is 10.3. The van der Waals surface area contributed by atoms with E-state index in [2.05, 4.69) is 27.9 Å². The van der Waals surface area contributed by atoms with Crippen molar-refractivity contribution in [2.75, 3.05) is 5.32 Å². The lowest BCUT2D eigenvalue weighted by Crippen LogP contribution is -2.31. The number of nitrogens with one attached hydrogen (secondary N) is 1. The zero-order valence-corrected chi connectivity index (χ0v) is 16.2. The Labute approximate surface area is 154 Å². The van der Waals surface area contributed by atoms with Gasteiger partial charge < -0.3 is 9.88 Å². The van der Waals surface area contributed by atoms with Gasteiger partial charge in [0.05, 0.1) is 0 Å². The van der Waals surface area contributed by atoms with E-state index in [0.717, 1.165) is 20.4 Å². The molecule has 124 valence electrons. The molecule has 5 nitrogen and oxygen atoms in total. The van der Waals surface area contributed by atoms with Crippen LogP contribution < -0.4 is 10.9 Å². The maximum atomic E-state index is 12.4. The van der Waals surface area contributed by atoms with Gasteiger partial charge in [0, 0.05) is 15.0 Å². The van der Waals surface area contributed by atoms with E-state index in [1.165, 1.54) is 4.57 Å². The molecular formula is C18H18IN3O2. The molecule has 0 bridgehead atoms. The molecule has 0 unspecified atom stereocenters. The van der Waals surface area contributed by atoms with Crippen molar-refractivity contribution in [1.29, 1.82) is 5.26 Å². The molecule has 0 aliphatic heterocycles. The molecule has 0 atom stereocenters. The highest BCUT2D eigenvalue weighted by molar-refractivity contribution is 14.1. The predicted molar refractivity (Wildman–Crippen MR) is 102 cm³/mol. The molecule has 2 rings (SSSR count). The second-order valence-corrected chi connectivity index (χ2v) is 7.06. The molecule has 1 aromatic heterocycles. The van der Waals surface area contributed by atoms with Gasteiger partial charge in [0.2, 0.25) is 5.91 Å². The van der Waals surface area contributed by atoms with Gasteiger partial charge in [0.15, 0.2) is 0 Å². The number of nitriles is 1. The van der Waals surface area contributed by atoms with Gasteiger partial charge in [-0.15, -0.1) is 0 Å². The maximum absolute atomic E-state index is 12.4. The van der Waals surface area contributed by atoms with Crippen molar-refractivity contribution < 1.29 is 4.79 Å². The van der Waals surface area contributed by atoms with E-state index in [-0.39, 0.29) is 18.0 Å². The quantitative estimate of drug-likeness (QED) is 0.753. The van der Waals surface area contributed by atoms with Crippen LogP contribution in [0, 0.1) is 42.6 Å². The van der Waals surface area contributed by atoms with E-state index in [4.69, 9.17) is 5.26 Å². The summed E-state index contributed by atoms with van der Waals surface area (Å²) in [6, 6.07) is 7.63. The Hall–Kier alpha value is -2.14. The summed E-state index contributed by atoms with van der Waals surface area (Å²) in [5.41, 5.74) is 3.63. The average molecular weight is 435 g/mol. The number of hydrogen-bond acceptors (Lipinski definition) is 3. The van der Waals surface area contributed by atoms with Crippen molar-refractivity contribution in [3.8, 4) is 6.07 Å². The molecule has 1 heterocycles. The summed E-state index contributed by atoms with van der Waals surface area (Å²) in [7, 11) is 0. The summed E-state index contributed by atoms with van der Waals surface area (Å²) < 4.78 is 2.43. The fraction of sp³-hybridized carbons (Fsp3) is 0.278. The standard InChI is InChI=1S/C18H18IN3O2/c1-10-5-13(4)22(18(24)15(10)8-20)9-16(23)21-17-11(2)6-14(19)7-12(17)3/h5-7H,9H2,1-4H3,(H,21,23). The van der Waals surface area contributed by atoms with Crippen LogP contribution in [0.2, 0.25) is 0 Å². The Kier molecular flexibility index (Phi) is 5.44. The molecule has 2 aromatic rings. The maximum Gasteiger partial charge on any atom is 0.269 e. The number of aryl methyl sites for hydroxylation is 4. The van der Waals surface area contributed by atoms with Crippen LogP contribution in [0.5, 0.6) is 0 Å². The van der Waals surface area contributed by atoms with E-state index in [1.54, 1.807) is 19.9 Å². The van der Waals surface area contributed by atoms with Gasteiger partial charge >= 0.3 is 0 Å². The smallest absolute Gasteiger partial charge is 0.269 e. The van der Waals surface area contributed by atoms with Crippen molar-refractivity contribution in [2.24, 2.45) is 0 Å². The van der Waals surface area contributed by atoms with Gasteiger partial charge in [-0.05, 0) is 85.2 Å². The lowest BCUT2D eigenvalue weighted by atomic mass is 10.1. The Morgan fingerprint density at radius 3 is 2.29 bits per heavy atom. The first kappa shape index (κ1) is 18.2. The van der Waals surface area contributed by atoms with E-state index in [1.807, 2.05) is 32.0 Å². The molecule has 24 heavy (non-hydrogen) atoms. The number of halogens is 1. The summed E-state index contributed by atoms with van der Waals surface area (Å²) in [6.07, 6.45) is 0. The molecule has 0 saturated heterocycles. The summed E-state index contributed by atoms with van der Waals surface area (Å²) in [5.74, 6) is -0.291. The predicted octanol–water partition coefficient (Wildman–Crippen LogP) is 3.20. The van der Waals surface area contributed by atoms with E-state index in [0.29, 0.717) is 11.3 Å². The van der Waals surface area contributed by atoms with Gasteiger partial charge in [0.25, 0.3) is 5.56 Å². The zero-order valence-electron chi connectivity index (χ0n) is 14.0. The van der Waals surface area contributed by atoms with E-state index in [9.17, 15) is 9.59 Å². The first-order valence-corrected chi connectivity index (χ1v) is 8.50. The van der Waals surface area contributed by atoms with E-state index < -0.39 is 5.56 Å². The summed E-state index contributed by atoms with van der Waals surface area (Å²) >= 11 is 2.23. The van der Waals surface area contributed by atoms with Gasteiger partial charge in [-0.1, -0.05) is 0 Å². The third-order valence-electron chi connectivity index (χ3n) is 3.88. The Bertz CT molecular complexity index is 900. The monoisotopic (exact) mass is 435 g/mol. The molecule has 1 aromatic carbocycles. The van der Waals surface area contributed by atoms with Crippen LogP contribution >= 0.6 is 22.6 Å². The number of carbonyl (C=O) groups excluding carboxylic acids is 1. The molecule has 0 fully saturated rings. The molecule has 0 radical (unpaired) electrons. The lowest BCUT2D eigenvalue weighted by molar-refractivity contribution is -0.116. The van der Waals surface area contributed by atoms with Crippen molar-refractivity contribution in [2.45, 2.75) is 34.2 Å². The molecule has 0 aliphatic rings. The number of aromatic nitrogens is 1. The molecule has 0 spiro atoms. The average Bonchev–Trinajstić information content (AvgIpc) is 2.47. The fourth-order valence-corrected chi connectivity index (χ4v) is 3.62. The van der Waals surface area contributed by atoms with Gasteiger partial charge in [-0.2, -0.15) is 5.26 Å². The number of pyridine rings is 1. The first-order chi connectivity index (χ1) is 11.2. The number of carbonyl (C=O) groups is 1. The topological polar surface area (TPSA) is 74.9 Å². The third kappa shape index (κ3) is 3.67. The highest BCUT2D eigenvalue weighted by Gasteiger charge is 2.14. The van der Waals surface area contributed by atoms with E-state index >= 15 is 0 Å². The second kappa shape index (κ2) is 7.18. The molecule has 1 N–H and O–H groups in total. The summed E-state index contributed by atoms with van der Waals surface area (Å²) in [5, 5.41) is 12.0. The largest absolute Gasteiger partial charge is 0.324 e. The zero-order chi connectivity index (χ0) is 18.0. The minimum absolute atomic E-state index is 0.0787. The van der Waals surface area contributed by atoms with Crippen LogP contribution in [-0.2, 0) is 11.3 Å². The van der Waals surface area contributed by atoms with Gasteiger partial charge in [-0.25, -0.2) is 0 Å². The van der Waals surface area contributed by atoms with Gasteiger partial charge in [-0.3, -0.25) is 9.59 Å². The first-order valence-electron chi connectivity index (χ1n) is 7.42. The van der Waals surface area contributed by atoms with Crippen molar-refractivity contribution in [1.82, 2.24) is 4.57 Å². The van der Waals surface area contributed by atoms with Gasteiger partial charge in [0.1, 0.15) is 18.2 Å². The van der Waals surface area contributed by atoms with Crippen LogP contribution in [0.1, 0.15) is 27.9 Å². The Morgan fingerprint density at radius 2 is 1.75 bits per heavy atom. The van der Waals surface area contributed by atoms with Crippen molar-refractivity contribution in [3.05, 3.63) is 60.1 Å². The minimum Gasteiger partial charge on any atom is -0.324 e. The number of anilines is 1. The minimum atomic E-state index is -0.429. The molecular weight excluding hydrogens is 417 g/mol. The summed E-state index contributed by atoms with van der Waals surface area (Å²) in [6.45, 7) is 7.22. The van der Waals surface area contributed by atoms with Crippen molar-refractivity contribution in [3.63, 3.8) is 0 Å². The Balaban J connectivity index is 2.33. The fourth-order valence-electron chi connectivity index (χ4n) is 2.69. The number of hydrogen-bond donors (Lipinski definition) is 1. The molecule has 0 saturated carbocycles. The number of nitrogens with zero attached hydrogens (tertiary/aromatic N) is 2. The second-order valence-electron chi connectivity index (χ2n) is 5.81. The molecule has 6 heteroatoms. The van der Waals surface area contributed by atoms with Crippen molar-refractivity contribution >= 4 is 34.2 Å². The molecule has 0 aliphatic carbocycles. The Morgan fingerprint density at radius 1 is 1.17 bits per heavy atom. The number of benzene rings is 1. The highest BCUT2D eigenvalue weighted by Crippen LogP contribution is 2.23. The number of rotatable bonds is 3.